The highest BCUT2D eigenvalue weighted by atomic mass is 15.2. The van der Waals surface area contributed by atoms with Crippen molar-refractivity contribution in [3.05, 3.63) is 41.5 Å². The van der Waals surface area contributed by atoms with E-state index in [-0.39, 0.29) is 0 Å². The zero-order valence-corrected chi connectivity index (χ0v) is 9.20. The molecule has 0 amide bonds. The minimum atomic E-state index is 0.845. The fourth-order valence-electron chi connectivity index (χ4n) is 2.21. The highest BCUT2D eigenvalue weighted by Crippen LogP contribution is 2.31. The molecule has 1 aromatic carbocycles. The van der Waals surface area contributed by atoms with Gasteiger partial charge in [-0.3, -0.25) is 0 Å². The van der Waals surface area contributed by atoms with Crippen molar-refractivity contribution in [3.63, 3.8) is 0 Å². The van der Waals surface area contributed by atoms with Crippen molar-refractivity contribution in [3.8, 4) is 11.3 Å². The van der Waals surface area contributed by atoms with Crippen LogP contribution in [-0.4, -0.2) is 17.2 Å². The molecule has 1 aromatic heterocycles. The van der Waals surface area contributed by atoms with Gasteiger partial charge in [0.1, 0.15) is 5.82 Å². The van der Waals surface area contributed by atoms with Crippen molar-refractivity contribution < 1.29 is 0 Å². The summed E-state index contributed by atoms with van der Waals surface area (Å²) in [5.74, 6) is 0.845. The molecular formula is C13H13N3. The lowest BCUT2D eigenvalue weighted by Gasteiger charge is -2.18. The second kappa shape index (κ2) is 3.59. The van der Waals surface area contributed by atoms with Gasteiger partial charge in [-0.2, -0.15) is 0 Å². The summed E-state index contributed by atoms with van der Waals surface area (Å²) in [6.07, 6.45) is 2.15. The smallest absolute Gasteiger partial charge is 0.148 e. The lowest BCUT2D eigenvalue weighted by atomic mass is 9.89. The molecule has 1 N–H and O–H groups in total. The first-order valence-electron chi connectivity index (χ1n) is 5.51. The minimum Gasteiger partial charge on any atom is -0.372 e. The number of nitrogens with one attached hydrogen (secondary N) is 1. The number of nitrogens with zero attached hydrogens (tertiary/aromatic N) is 2. The lowest BCUT2D eigenvalue weighted by molar-refractivity contribution is 0.898. The Bertz CT molecular complexity index is 534. The summed E-state index contributed by atoms with van der Waals surface area (Å²) in [4.78, 5) is 0. The lowest BCUT2D eigenvalue weighted by Crippen LogP contribution is -2.08. The summed E-state index contributed by atoms with van der Waals surface area (Å²) in [7, 11) is 1.87. The third kappa shape index (κ3) is 1.36. The molecule has 0 aliphatic heterocycles. The van der Waals surface area contributed by atoms with Crippen LogP contribution in [0.4, 0.5) is 5.82 Å². The van der Waals surface area contributed by atoms with Crippen molar-refractivity contribution in [2.45, 2.75) is 12.8 Å². The molecule has 2 aromatic rings. The zero-order valence-electron chi connectivity index (χ0n) is 9.20. The van der Waals surface area contributed by atoms with Gasteiger partial charge in [-0.15, -0.1) is 10.2 Å². The van der Waals surface area contributed by atoms with Gasteiger partial charge >= 0.3 is 0 Å². The Kier molecular flexibility index (Phi) is 2.10. The van der Waals surface area contributed by atoms with Gasteiger partial charge in [-0.25, -0.2) is 0 Å². The zero-order chi connectivity index (χ0) is 11.0. The van der Waals surface area contributed by atoms with Gasteiger partial charge in [0.05, 0.1) is 5.69 Å². The van der Waals surface area contributed by atoms with Crippen LogP contribution in [0, 0.1) is 0 Å². The van der Waals surface area contributed by atoms with Crippen LogP contribution >= 0.6 is 0 Å². The van der Waals surface area contributed by atoms with Gasteiger partial charge in [0, 0.05) is 12.6 Å². The Hall–Kier alpha value is -1.90. The summed E-state index contributed by atoms with van der Waals surface area (Å²) in [5, 5.41) is 11.5. The van der Waals surface area contributed by atoms with Gasteiger partial charge in [-0.05, 0) is 30.0 Å². The molecule has 16 heavy (non-hydrogen) atoms. The Morgan fingerprint density at radius 2 is 1.88 bits per heavy atom. The molecule has 80 valence electrons. The second-order valence-corrected chi connectivity index (χ2v) is 4.01. The van der Waals surface area contributed by atoms with Gasteiger partial charge in [0.15, 0.2) is 0 Å². The minimum absolute atomic E-state index is 0.845. The Labute approximate surface area is 94.5 Å². The van der Waals surface area contributed by atoms with Gasteiger partial charge in [0.25, 0.3) is 0 Å². The first kappa shape index (κ1) is 9.33. The molecule has 0 radical (unpaired) electrons. The fourth-order valence-corrected chi connectivity index (χ4v) is 2.21. The van der Waals surface area contributed by atoms with Crippen LogP contribution in [0.1, 0.15) is 11.1 Å². The molecule has 3 rings (SSSR count). The molecule has 0 atom stereocenters. The van der Waals surface area contributed by atoms with Crippen molar-refractivity contribution >= 4 is 5.82 Å². The largest absolute Gasteiger partial charge is 0.372 e. The van der Waals surface area contributed by atoms with E-state index in [4.69, 9.17) is 0 Å². The molecule has 1 aliphatic rings. The summed E-state index contributed by atoms with van der Waals surface area (Å²) in [6, 6.07) is 10.5. The van der Waals surface area contributed by atoms with E-state index in [2.05, 4.69) is 45.8 Å². The van der Waals surface area contributed by atoms with Crippen molar-refractivity contribution in [2.24, 2.45) is 0 Å². The average molecular weight is 211 g/mol. The molecular weight excluding hydrogens is 198 g/mol. The average Bonchev–Trinajstić information content (AvgIpc) is 2.38. The number of aryl methyl sites for hydroxylation is 2. The topological polar surface area (TPSA) is 37.8 Å². The third-order valence-electron chi connectivity index (χ3n) is 3.07. The van der Waals surface area contributed by atoms with E-state index in [1.165, 1.54) is 16.7 Å². The summed E-state index contributed by atoms with van der Waals surface area (Å²) < 4.78 is 0. The van der Waals surface area contributed by atoms with Crippen LogP contribution in [0.3, 0.4) is 0 Å². The van der Waals surface area contributed by atoms with Crippen LogP contribution in [0.15, 0.2) is 30.3 Å². The monoisotopic (exact) mass is 211 g/mol. The van der Waals surface area contributed by atoms with Crippen LogP contribution in [0.25, 0.3) is 11.3 Å². The molecule has 0 spiro atoms. The number of hydrogen-bond donors (Lipinski definition) is 1. The Morgan fingerprint density at radius 1 is 1.06 bits per heavy atom. The number of rotatable bonds is 1. The predicted octanol–water partition coefficient (Wildman–Crippen LogP) is 2.28. The molecule has 0 saturated heterocycles. The standard InChI is InChI=1S/C13H13N3/c1-14-12-8-10-7-6-9-4-2-3-5-11(9)13(10)16-15-12/h2-5,8H,6-7H2,1H3,(H,14,15). The number of aromatic nitrogens is 2. The maximum absolute atomic E-state index is 4.32. The molecule has 0 saturated carbocycles. The van der Waals surface area contributed by atoms with Crippen LogP contribution < -0.4 is 5.32 Å². The van der Waals surface area contributed by atoms with Crippen LogP contribution in [0.5, 0.6) is 0 Å². The quantitative estimate of drug-likeness (QED) is 0.786. The SMILES string of the molecule is CNc1cc2c(nn1)-c1ccccc1CC2. The number of hydrogen-bond acceptors (Lipinski definition) is 3. The Balaban J connectivity index is 2.18. The fraction of sp³-hybridized carbons (Fsp3) is 0.231. The maximum atomic E-state index is 4.32. The second-order valence-electron chi connectivity index (χ2n) is 4.01. The molecule has 3 heteroatoms. The van der Waals surface area contributed by atoms with E-state index in [9.17, 15) is 0 Å². The molecule has 1 heterocycles. The number of fused-ring (bicyclic) bond motifs is 3. The van der Waals surface area contributed by atoms with Crippen molar-refractivity contribution in [2.75, 3.05) is 12.4 Å². The van der Waals surface area contributed by atoms with Crippen LogP contribution in [0.2, 0.25) is 0 Å². The summed E-state index contributed by atoms with van der Waals surface area (Å²) in [6.45, 7) is 0. The highest BCUT2D eigenvalue weighted by molar-refractivity contribution is 5.70. The van der Waals surface area contributed by atoms with E-state index in [0.717, 1.165) is 24.4 Å². The normalized spacial score (nSPS) is 12.8. The van der Waals surface area contributed by atoms with E-state index in [1.807, 2.05) is 7.05 Å². The first-order chi connectivity index (χ1) is 7.88. The number of anilines is 1. The van der Waals surface area contributed by atoms with E-state index in [1.54, 1.807) is 0 Å². The Morgan fingerprint density at radius 3 is 2.75 bits per heavy atom. The summed E-state index contributed by atoms with van der Waals surface area (Å²) in [5.41, 5.74) is 4.94. The maximum Gasteiger partial charge on any atom is 0.148 e. The molecule has 0 unspecified atom stereocenters. The van der Waals surface area contributed by atoms with Crippen molar-refractivity contribution in [1.82, 2.24) is 10.2 Å². The van der Waals surface area contributed by atoms with E-state index >= 15 is 0 Å². The van der Waals surface area contributed by atoms with Gasteiger partial charge in [0.2, 0.25) is 0 Å². The predicted molar refractivity (Wildman–Crippen MR) is 64.4 cm³/mol. The highest BCUT2D eigenvalue weighted by Gasteiger charge is 2.17. The molecule has 0 bridgehead atoms. The number of benzene rings is 1. The molecule has 0 fully saturated rings. The van der Waals surface area contributed by atoms with Gasteiger partial charge < -0.3 is 5.32 Å². The van der Waals surface area contributed by atoms with E-state index in [0.29, 0.717) is 0 Å². The van der Waals surface area contributed by atoms with Gasteiger partial charge in [-0.1, -0.05) is 24.3 Å². The summed E-state index contributed by atoms with van der Waals surface area (Å²) >= 11 is 0. The molecule has 1 aliphatic carbocycles. The third-order valence-corrected chi connectivity index (χ3v) is 3.07. The van der Waals surface area contributed by atoms with Crippen LogP contribution in [-0.2, 0) is 12.8 Å². The van der Waals surface area contributed by atoms with Crippen molar-refractivity contribution in [1.29, 1.82) is 0 Å². The first-order valence-corrected chi connectivity index (χ1v) is 5.51. The molecule has 3 nitrogen and oxygen atoms in total. The van der Waals surface area contributed by atoms with E-state index < -0.39 is 0 Å².